The summed E-state index contributed by atoms with van der Waals surface area (Å²) in [6, 6.07) is 7.75. The number of pyridine rings is 1. The summed E-state index contributed by atoms with van der Waals surface area (Å²) in [5, 5.41) is 1.57. The molecule has 276 valence electrons. The van der Waals surface area contributed by atoms with Crippen LogP contribution in [0.3, 0.4) is 0 Å². The molecule has 2 aromatic heterocycles. The van der Waals surface area contributed by atoms with E-state index in [9.17, 15) is 9.18 Å². The van der Waals surface area contributed by atoms with Gasteiger partial charge in [0.2, 0.25) is 0 Å². The highest BCUT2D eigenvalue weighted by molar-refractivity contribution is 6.03. The second-order valence-electron chi connectivity index (χ2n) is 16.3. The highest BCUT2D eigenvalue weighted by Gasteiger charge is 2.52. The first-order valence-electron chi connectivity index (χ1n) is 18.8. The van der Waals surface area contributed by atoms with Crippen LogP contribution in [0, 0.1) is 24.0 Å². The number of anilines is 1. The van der Waals surface area contributed by atoms with Gasteiger partial charge in [-0.1, -0.05) is 30.2 Å². The van der Waals surface area contributed by atoms with Gasteiger partial charge in [0, 0.05) is 23.5 Å². The second kappa shape index (κ2) is 12.5. The Hall–Kier alpha value is -4.63. The Bertz CT molecular complexity index is 2200. The van der Waals surface area contributed by atoms with E-state index in [1.165, 1.54) is 6.07 Å². The van der Waals surface area contributed by atoms with Crippen molar-refractivity contribution in [3.8, 4) is 29.6 Å². The zero-order chi connectivity index (χ0) is 36.8. The van der Waals surface area contributed by atoms with Crippen molar-refractivity contribution in [2.75, 3.05) is 31.3 Å². The number of hydrogen-bond donors (Lipinski definition) is 0. The van der Waals surface area contributed by atoms with E-state index in [1.807, 2.05) is 31.7 Å². The quantitative estimate of drug-likeness (QED) is 0.198. The van der Waals surface area contributed by atoms with Crippen LogP contribution in [0.2, 0.25) is 0 Å². The zero-order valence-corrected chi connectivity index (χ0v) is 30.3. The predicted octanol–water partition coefficient (Wildman–Crippen LogP) is 7.35. The van der Waals surface area contributed by atoms with Crippen LogP contribution in [0.15, 0.2) is 30.3 Å². The third-order valence-corrected chi connectivity index (χ3v) is 12.2. The third-order valence-electron chi connectivity index (χ3n) is 12.2. The molecule has 5 aliphatic heterocycles. The van der Waals surface area contributed by atoms with Crippen LogP contribution in [0.4, 0.5) is 23.8 Å². The van der Waals surface area contributed by atoms with E-state index in [-0.39, 0.29) is 65.2 Å². The number of alkyl halides is 1. The number of benzene rings is 2. The average molecular weight is 725 g/mol. The number of piperazine rings is 1. The molecule has 4 aromatic rings. The average Bonchev–Trinajstić information content (AvgIpc) is 3.77. The summed E-state index contributed by atoms with van der Waals surface area (Å²) in [7, 11) is 0. The van der Waals surface area contributed by atoms with E-state index in [0.29, 0.717) is 52.6 Å². The summed E-state index contributed by atoms with van der Waals surface area (Å²) < 4.78 is 58.7. The fourth-order valence-electron chi connectivity index (χ4n) is 10.0. The van der Waals surface area contributed by atoms with Gasteiger partial charge in [0.05, 0.1) is 40.3 Å². The molecule has 9 nitrogen and oxygen atoms in total. The van der Waals surface area contributed by atoms with Gasteiger partial charge in [0.25, 0.3) is 0 Å². The summed E-state index contributed by atoms with van der Waals surface area (Å²) in [4.78, 5) is 34.7. The molecule has 0 aliphatic carbocycles. The first kappa shape index (κ1) is 34.2. The van der Waals surface area contributed by atoms with Crippen molar-refractivity contribution >= 4 is 33.6 Å². The van der Waals surface area contributed by atoms with E-state index in [0.717, 1.165) is 45.1 Å². The number of amides is 1. The summed E-state index contributed by atoms with van der Waals surface area (Å²) >= 11 is 0. The van der Waals surface area contributed by atoms with Crippen LogP contribution in [0.1, 0.15) is 77.0 Å². The van der Waals surface area contributed by atoms with Crippen molar-refractivity contribution < 1.29 is 27.4 Å². The molecule has 53 heavy (non-hydrogen) atoms. The van der Waals surface area contributed by atoms with Gasteiger partial charge in [-0.15, -0.1) is 6.42 Å². The van der Waals surface area contributed by atoms with Gasteiger partial charge < -0.3 is 14.4 Å². The first-order chi connectivity index (χ1) is 25.5. The molecule has 1 amide bonds. The molecule has 7 heterocycles. The fourth-order valence-corrected chi connectivity index (χ4v) is 10.0. The summed E-state index contributed by atoms with van der Waals surface area (Å²) in [5.41, 5.74) is 0.149. The maximum Gasteiger partial charge on any atom is 0.410 e. The lowest BCUT2D eigenvalue weighted by Crippen LogP contribution is -2.62. The molecule has 12 heteroatoms. The number of carbonyl (C=O) groups excluding carboxylic acids is 1. The SMILES string of the molecule is C#Cc1c(F)ccc2cccc(-c3nc4c5c(nc(OC[C@@]67CCCN6[C@H](CF)CC7)nc5c3F)N3C[C@H]5CC[C@@H]([C@H]3CC4)N5C(=O)OC(C)(C)C)c12. The fraction of sp³-hybridized carbons (Fsp3) is 0.512. The van der Waals surface area contributed by atoms with Crippen LogP contribution < -0.4 is 9.64 Å². The number of fused-ring (bicyclic) bond motifs is 7. The minimum atomic E-state index is -0.676. The number of hydrogen-bond acceptors (Lipinski definition) is 8. The van der Waals surface area contributed by atoms with Crippen molar-refractivity contribution in [2.45, 2.75) is 107 Å². The second-order valence-corrected chi connectivity index (χ2v) is 16.3. The van der Waals surface area contributed by atoms with Gasteiger partial charge in [-0.25, -0.2) is 22.9 Å². The molecule has 4 saturated heterocycles. The van der Waals surface area contributed by atoms with E-state index in [2.05, 4.69) is 15.7 Å². The molecule has 0 N–H and O–H groups in total. The van der Waals surface area contributed by atoms with Gasteiger partial charge in [-0.2, -0.15) is 9.97 Å². The molecule has 0 unspecified atom stereocenters. The van der Waals surface area contributed by atoms with Crippen molar-refractivity contribution in [1.29, 1.82) is 0 Å². The van der Waals surface area contributed by atoms with E-state index < -0.39 is 23.9 Å². The monoisotopic (exact) mass is 724 g/mol. The van der Waals surface area contributed by atoms with Crippen LogP contribution in [0.25, 0.3) is 32.9 Å². The van der Waals surface area contributed by atoms with Crippen LogP contribution in [0.5, 0.6) is 6.01 Å². The number of carbonyl (C=O) groups is 1. The van der Waals surface area contributed by atoms with Crippen LogP contribution >= 0.6 is 0 Å². The normalized spacial score (nSPS) is 26.4. The largest absolute Gasteiger partial charge is 0.461 e. The van der Waals surface area contributed by atoms with Gasteiger partial charge in [-0.3, -0.25) is 9.80 Å². The van der Waals surface area contributed by atoms with E-state index >= 15 is 8.78 Å². The van der Waals surface area contributed by atoms with E-state index in [4.69, 9.17) is 30.8 Å². The molecule has 0 saturated carbocycles. The van der Waals surface area contributed by atoms with Crippen molar-refractivity contribution in [2.24, 2.45) is 0 Å². The summed E-state index contributed by atoms with van der Waals surface area (Å²) in [5.74, 6) is 1.75. The number of aromatic nitrogens is 3. The standard InChI is InChI=1S/C41H43F3N6O3/c1-5-26-28(43)12-10-23-8-6-9-27(32(23)26)35-34(44)36-33-29(45-35)13-15-30-31-14-11-25(50(31)39(51)53-40(2,3)4)21-48(30)37(33)47-38(46-36)52-22-41-17-7-19-49(41)24(20-42)16-18-41/h1,6,8-10,12,24-25,30-31H,7,11,13-22H2,2-4H3/t24-,25+,30+,31-,41-/m0/s1. The Morgan fingerprint density at radius 3 is 2.68 bits per heavy atom. The van der Waals surface area contributed by atoms with Crippen molar-refractivity contribution in [3.63, 3.8) is 0 Å². The molecular weight excluding hydrogens is 681 g/mol. The van der Waals surface area contributed by atoms with Gasteiger partial charge in [-0.05, 0) is 90.1 Å². The highest BCUT2D eigenvalue weighted by Crippen LogP contribution is 2.47. The Kier molecular flexibility index (Phi) is 8.04. The Morgan fingerprint density at radius 2 is 1.89 bits per heavy atom. The van der Waals surface area contributed by atoms with Gasteiger partial charge in [0.15, 0.2) is 5.82 Å². The van der Waals surface area contributed by atoms with Crippen molar-refractivity contribution in [3.05, 3.63) is 53.2 Å². The molecule has 2 bridgehead atoms. The maximum absolute atomic E-state index is 17.3. The zero-order valence-electron chi connectivity index (χ0n) is 30.3. The Morgan fingerprint density at radius 1 is 1.04 bits per heavy atom. The van der Waals surface area contributed by atoms with Crippen molar-refractivity contribution in [1.82, 2.24) is 24.8 Å². The van der Waals surface area contributed by atoms with Crippen LogP contribution in [-0.4, -0.2) is 92.5 Å². The Labute approximate surface area is 306 Å². The smallest absolute Gasteiger partial charge is 0.410 e. The molecule has 4 fully saturated rings. The molecule has 5 aliphatic rings. The lowest BCUT2D eigenvalue weighted by Gasteiger charge is -2.47. The summed E-state index contributed by atoms with van der Waals surface area (Å²) in [6.45, 7) is 6.76. The third kappa shape index (κ3) is 5.40. The lowest BCUT2D eigenvalue weighted by molar-refractivity contribution is 0.00720. The number of nitrogens with zero attached hydrogens (tertiary/aromatic N) is 6. The Balaban J connectivity index is 1.19. The number of aryl methyl sites for hydroxylation is 1. The molecule has 5 atom stereocenters. The number of ether oxygens (including phenoxy) is 2. The van der Waals surface area contributed by atoms with Gasteiger partial charge in [0.1, 0.15) is 41.7 Å². The molecule has 0 spiro atoms. The topological polar surface area (TPSA) is 83.9 Å². The molecular formula is C41H43F3N6O3. The summed E-state index contributed by atoms with van der Waals surface area (Å²) in [6.07, 6.45) is 11.6. The highest BCUT2D eigenvalue weighted by atomic mass is 19.1. The minimum absolute atomic E-state index is 0.0229. The maximum atomic E-state index is 17.3. The van der Waals surface area contributed by atoms with Crippen LogP contribution in [-0.2, 0) is 11.2 Å². The number of halogens is 3. The molecule has 0 radical (unpaired) electrons. The van der Waals surface area contributed by atoms with Gasteiger partial charge >= 0.3 is 12.1 Å². The number of terminal acetylenes is 1. The first-order valence-corrected chi connectivity index (χ1v) is 18.8. The molecule has 2 aromatic carbocycles. The lowest BCUT2D eigenvalue weighted by atomic mass is 9.95. The molecule has 9 rings (SSSR count). The number of rotatable bonds is 5. The predicted molar refractivity (Wildman–Crippen MR) is 196 cm³/mol. The van der Waals surface area contributed by atoms with E-state index in [1.54, 1.807) is 18.2 Å². The minimum Gasteiger partial charge on any atom is -0.461 e.